The second-order valence-corrected chi connectivity index (χ2v) is 8.41. The Balaban J connectivity index is 1.25. The number of nitrogens with zero attached hydrogens (tertiary/aromatic N) is 4. The van der Waals surface area contributed by atoms with Crippen molar-refractivity contribution in [2.75, 3.05) is 51.3 Å². The van der Waals surface area contributed by atoms with E-state index in [4.69, 9.17) is 16.3 Å². The number of benzene rings is 1. The number of rotatable bonds is 6. The number of carbonyl (C=O) groups excluding carboxylic acids is 2. The molecule has 0 spiro atoms. The van der Waals surface area contributed by atoms with Gasteiger partial charge in [-0.3, -0.25) is 14.5 Å². The largest absolute Gasteiger partial charge is 0.378 e. The molecule has 3 heterocycles. The summed E-state index contributed by atoms with van der Waals surface area (Å²) in [5.41, 5.74) is 0.940. The van der Waals surface area contributed by atoms with Crippen molar-refractivity contribution in [3.05, 3.63) is 47.1 Å². The summed E-state index contributed by atoms with van der Waals surface area (Å²) in [6, 6.07) is 9.37. The average molecular weight is 446 g/mol. The number of amides is 2. The van der Waals surface area contributed by atoms with E-state index in [1.54, 1.807) is 16.9 Å². The maximum Gasteiger partial charge on any atom is 0.239 e. The van der Waals surface area contributed by atoms with Crippen molar-refractivity contribution in [3.63, 3.8) is 0 Å². The third-order valence-corrected chi connectivity index (χ3v) is 6.26. The van der Waals surface area contributed by atoms with E-state index in [1.165, 1.54) is 0 Å². The molecule has 0 aliphatic carbocycles. The molecular formula is C22H28ClN5O3. The molecule has 2 aliphatic rings. The van der Waals surface area contributed by atoms with Gasteiger partial charge in [-0.2, -0.15) is 5.10 Å². The van der Waals surface area contributed by atoms with Crippen LogP contribution in [-0.2, 0) is 20.9 Å². The number of carbonyl (C=O) groups is 2. The molecule has 0 atom stereocenters. The Labute approximate surface area is 187 Å². The van der Waals surface area contributed by atoms with Gasteiger partial charge < -0.3 is 15.0 Å². The van der Waals surface area contributed by atoms with Crippen LogP contribution < -0.4 is 5.32 Å². The third-order valence-electron chi connectivity index (χ3n) is 5.89. The van der Waals surface area contributed by atoms with Crippen LogP contribution in [-0.4, -0.2) is 77.3 Å². The average Bonchev–Trinajstić information content (AvgIpc) is 3.22. The zero-order chi connectivity index (χ0) is 21.6. The topological polar surface area (TPSA) is 79.7 Å². The first-order valence-corrected chi connectivity index (χ1v) is 11.1. The van der Waals surface area contributed by atoms with E-state index in [1.807, 2.05) is 29.2 Å². The van der Waals surface area contributed by atoms with Crippen LogP contribution in [0, 0.1) is 5.92 Å². The second kappa shape index (κ2) is 10.3. The van der Waals surface area contributed by atoms with Gasteiger partial charge in [0.2, 0.25) is 11.8 Å². The Kier molecular flexibility index (Phi) is 7.21. The van der Waals surface area contributed by atoms with E-state index in [2.05, 4.69) is 15.3 Å². The fraction of sp³-hybridized carbons (Fsp3) is 0.500. The van der Waals surface area contributed by atoms with Gasteiger partial charge in [0.1, 0.15) is 5.82 Å². The Morgan fingerprint density at radius 1 is 1.10 bits per heavy atom. The number of nitrogens with one attached hydrogen (secondary N) is 1. The molecule has 9 heteroatoms. The third kappa shape index (κ3) is 5.64. The van der Waals surface area contributed by atoms with Gasteiger partial charge in [-0.05, 0) is 37.6 Å². The molecule has 2 amide bonds. The molecule has 166 valence electrons. The Morgan fingerprint density at radius 2 is 1.84 bits per heavy atom. The quantitative estimate of drug-likeness (QED) is 0.736. The fourth-order valence-electron chi connectivity index (χ4n) is 4.12. The van der Waals surface area contributed by atoms with Crippen molar-refractivity contribution in [1.29, 1.82) is 0 Å². The second-order valence-electron chi connectivity index (χ2n) is 8.00. The molecular weight excluding hydrogens is 418 g/mol. The molecule has 0 unspecified atom stereocenters. The first-order chi connectivity index (χ1) is 15.1. The smallest absolute Gasteiger partial charge is 0.239 e. The number of ether oxygens (including phenoxy) is 1. The van der Waals surface area contributed by atoms with Crippen molar-refractivity contribution in [1.82, 2.24) is 19.6 Å². The highest BCUT2D eigenvalue weighted by atomic mass is 35.5. The van der Waals surface area contributed by atoms with Crippen LogP contribution in [0.4, 0.5) is 5.82 Å². The lowest BCUT2D eigenvalue weighted by molar-refractivity contribution is -0.141. The normalized spacial score (nSPS) is 18.2. The first kappa shape index (κ1) is 21.8. The summed E-state index contributed by atoms with van der Waals surface area (Å²) in [5, 5.41) is 7.93. The molecule has 8 nitrogen and oxygen atoms in total. The van der Waals surface area contributed by atoms with Crippen molar-refractivity contribution >= 4 is 29.2 Å². The number of anilines is 1. The Hall–Kier alpha value is -2.42. The Bertz CT molecular complexity index is 904. The highest BCUT2D eigenvalue weighted by Crippen LogP contribution is 2.21. The van der Waals surface area contributed by atoms with E-state index < -0.39 is 0 Å². The van der Waals surface area contributed by atoms with Crippen LogP contribution in [0.25, 0.3) is 0 Å². The zero-order valence-corrected chi connectivity index (χ0v) is 18.3. The molecule has 1 aromatic heterocycles. The van der Waals surface area contributed by atoms with Crippen LogP contribution in [0.5, 0.6) is 0 Å². The minimum Gasteiger partial charge on any atom is -0.378 e. The molecule has 0 bridgehead atoms. The number of aromatic nitrogens is 2. The predicted molar refractivity (Wildman–Crippen MR) is 118 cm³/mol. The number of hydrogen-bond acceptors (Lipinski definition) is 5. The minimum absolute atomic E-state index is 0.0504. The van der Waals surface area contributed by atoms with Crippen molar-refractivity contribution in [2.45, 2.75) is 19.4 Å². The summed E-state index contributed by atoms with van der Waals surface area (Å²) >= 11 is 6.24. The zero-order valence-electron chi connectivity index (χ0n) is 17.5. The van der Waals surface area contributed by atoms with Crippen LogP contribution >= 0.6 is 11.6 Å². The number of morpholine rings is 1. The van der Waals surface area contributed by atoms with Crippen LogP contribution in [0.1, 0.15) is 18.4 Å². The molecule has 0 radical (unpaired) electrons. The van der Waals surface area contributed by atoms with E-state index in [0.717, 1.165) is 31.5 Å². The first-order valence-electron chi connectivity index (χ1n) is 10.7. The lowest BCUT2D eigenvalue weighted by atomic mass is 9.95. The van der Waals surface area contributed by atoms with Gasteiger partial charge >= 0.3 is 0 Å². The van der Waals surface area contributed by atoms with Gasteiger partial charge in [0, 0.05) is 30.1 Å². The number of likely N-dealkylation sites (tertiary alicyclic amines) is 1. The lowest BCUT2D eigenvalue weighted by Gasteiger charge is -2.35. The number of halogens is 1. The molecule has 2 aromatic rings. The molecule has 2 aliphatic heterocycles. The van der Waals surface area contributed by atoms with Gasteiger partial charge in [0.05, 0.1) is 32.5 Å². The molecule has 2 saturated heterocycles. The molecule has 4 rings (SSSR count). The number of hydrogen-bond donors (Lipinski definition) is 1. The van der Waals surface area contributed by atoms with E-state index >= 15 is 0 Å². The summed E-state index contributed by atoms with van der Waals surface area (Å²) in [6.07, 6.45) is 3.23. The van der Waals surface area contributed by atoms with Gasteiger partial charge in [0.25, 0.3) is 0 Å². The van der Waals surface area contributed by atoms with Crippen molar-refractivity contribution in [2.24, 2.45) is 5.92 Å². The SMILES string of the molecule is O=C(CN1CCC(C(=O)N2CCOCC2)CC1)Nc1ccnn1Cc1ccccc1Cl. The summed E-state index contributed by atoms with van der Waals surface area (Å²) in [5.74, 6) is 0.839. The van der Waals surface area contributed by atoms with E-state index in [-0.39, 0.29) is 17.7 Å². The molecule has 1 aromatic carbocycles. The van der Waals surface area contributed by atoms with E-state index in [0.29, 0.717) is 50.2 Å². The van der Waals surface area contributed by atoms with E-state index in [9.17, 15) is 9.59 Å². The maximum atomic E-state index is 12.7. The van der Waals surface area contributed by atoms with Crippen LogP contribution in [0.2, 0.25) is 5.02 Å². The molecule has 2 fully saturated rings. The summed E-state index contributed by atoms with van der Waals surface area (Å²) < 4.78 is 7.06. The maximum absolute atomic E-state index is 12.7. The molecule has 31 heavy (non-hydrogen) atoms. The monoisotopic (exact) mass is 445 g/mol. The minimum atomic E-state index is -0.0844. The van der Waals surface area contributed by atoms with Gasteiger partial charge in [-0.1, -0.05) is 29.8 Å². The molecule has 0 saturated carbocycles. The highest BCUT2D eigenvalue weighted by Gasteiger charge is 2.30. The van der Waals surface area contributed by atoms with Crippen molar-refractivity contribution < 1.29 is 14.3 Å². The summed E-state index contributed by atoms with van der Waals surface area (Å²) in [6.45, 7) is 4.88. The van der Waals surface area contributed by atoms with Crippen LogP contribution in [0.3, 0.4) is 0 Å². The van der Waals surface area contributed by atoms with Crippen molar-refractivity contribution in [3.8, 4) is 0 Å². The number of piperidine rings is 1. The van der Waals surface area contributed by atoms with Gasteiger partial charge in [-0.15, -0.1) is 0 Å². The standard InChI is InChI=1S/C22H28ClN5O3/c23-19-4-2-1-3-18(19)15-28-20(5-8-24-28)25-21(29)16-26-9-6-17(7-10-26)22(30)27-11-13-31-14-12-27/h1-5,8,17H,6-7,9-16H2,(H,25,29). The van der Waals surface area contributed by atoms with Gasteiger partial charge in [-0.25, -0.2) is 4.68 Å². The predicted octanol–water partition coefficient (Wildman–Crippen LogP) is 2.09. The summed E-state index contributed by atoms with van der Waals surface area (Å²) in [4.78, 5) is 29.3. The lowest BCUT2D eigenvalue weighted by Crippen LogP contribution is -2.47. The van der Waals surface area contributed by atoms with Gasteiger partial charge in [0.15, 0.2) is 0 Å². The Morgan fingerprint density at radius 3 is 2.58 bits per heavy atom. The fourth-order valence-corrected chi connectivity index (χ4v) is 4.31. The highest BCUT2D eigenvalue weighted by molar-refractivity contribution is 6.31. The molecule has 1 N–H and O–H groups in total. The van der Waals surface area contributed by atoms with Crippen LogP contribution in [0.15, 0.2) is 36.5 Å². The summed E-state index contributed by atoms with van der Waals surface area (Å²) in [7, 11) is 0.